The van der Waals surface area contributed by atoms with Crippen LogP contribution in [0.3, 0.4) is 0 Å². The van der Waals surface area contributed by atoms with Crippen molar-refractivity contribution < 1.29 is 37.4 Å². The molecule has 0 aliphatic carbocycles. The SMILES string of the molecule is CC[C@@](CCC(=O)c1ccc(F)c(F)c1F)(NC(=O)OC(C)(C)C)C(=O)O. The molecule has 0 fully saturated rings. The van der Waals surface area contributed by atoms with Gasteiger partial charge in [0.1, 0.15) is 11.1 Å². The van der Waals surface area contributed by atoms with Gasteiger partial charge in [-0.15, -0.1) is 0 Å². The molecule has 1 aromatic carbocycles. The summed E-state index contributed by atoms with van der Waals surface area (Å²) >= 11 is 0. The second-order valence-electron chi connectivity index (χ2n) is 7.01. The number of carboxylic acids is 1. The normalized spacial score (nSPS) is 13.6. The number of halogens is 3. The van der Waals surface area contributed by atoms with Crippen LogP contribution in [0.5, 0.6) is 0 Å². The lowest BCUT2D eigenvalue weighted by Crippen LogP contribution is -2.55. The molecule has 0 aromatic heterocycles. The van der Waals surface area contributed by atoms with E-state index in [9.17, 15) is 32.7 Å². The number of carboxylic acid groups (broad SMARTS) is 1. The summed E-state index contributed by atoms with van der Waals surface area (Å²) in [5.41, 5.74) is -3.40. The third kappa shape index (κ3) is 5.70. The third-order valence-electron chi connectivity index (χ3n) is 3.87. The van der Waals surface area contributed by atoms with Crippen LogP contribution in [0.1, 0.15) is 57.3 Å². The van der Waals surface area contributed by atoms with Gasteiger partial charge in [-0.25, -0.2) is 22.8 Å². The van der Waals surface area contributed by atoms with Crippen molar-refractivity contribution in [2.45, 2.75) is 58.1 Å². The summed E-state index contributed by atoms with van der Waals surface area (Å²) in [6, 6.07) is 1.39. The van der Waals surface area contributed by atoms with Gasteiger partial charge in [-0.05, 0) is 45.7 Å². The maximum atomic E-state index is 13.7. The van der Waals surface area contributed by atoms with Crippen molar-refractivity contribution in [2.24, 2.45) is 0 Å². The van der Waals surface area contributed by atoms with Crippen LogP contribution in [0.4, 0.5) is 18.0 Å². The van der Waals surface area contributed by atoms with Crippen LogP contribution in [0, 0.1) is 17.5 Å². The topological polar surface area (TPSA) is 92.7 Å². The van der Waals surface area contributed by atoms with E-state index in [1.165, 1.54) is 6.92 Å². The Hall–Kier alpha value is -2.58. The van der Waals surface area contributed by atoms with E-state index < -0.39 is 64.8 Å². The van der Waals surface area contributed by atoms with E-state index in [-0.39, 0.29) is 6.42 Å². The number of amides is 1. The number of Topliss-reactive ketones (excluding diaryl/α,β-unsaturated/α-hetero) is 1. The summed E-state index contributed by atoms with van der Waals surface area (Å²) < 4.78 is 45.0. The largest absolute Gasteiger partial charge is 0.480 e. The number of hydrogen-bond donors (Lipinski definition) is 2. The molecular weight excluding hydrogens is 367 g/mol. The number of rotatable bonds is 7. The average molecular weight is 389 g/mol. The van der Waals surface area contributed by atoms with Crippen molar-refractivity contribution in [3.05, 3.63) is 35.1 Å². The van der Waals surface area contributed by atoms with Crippen LogP contribution in [0.25, 0.3) is 0 Å². The first-order chi connectivity index (χ1) is 12.3. The zero-order valence-electron chi connectivity index (χ0n) is 15.5. The lowest BCUT2D eigenvalue weighted by atomic mass is 9.88. The third-order valence-corrected chi connectivity index (χ3v) is 3.87. The van der Waals surface area contributed by atoms with Crippen LogP contribution in [0.15, 0.2) is 12.1 Å². The Morgan fingerprint density at radius 2 is 1.70 bits per heavy atom. The Kier molecular flexibility index (Phi) is 6.99. The van der Waals surface area contributed by atoms with Crippen molar-refractivity contribution in [3.63, 3.8) is 0 Å². The number of carbonyl (C=O) groups is 3. The Morgan fingerprint density at radius 1 is 1.11 bits per heavy atom. The second kappa shape index (κ2) is 8.41. The second-order valence-corrected chi connectivity index (χ2v) is 7.01. The molecule has 27 heavy (non-hydrogen) atoms. The van der Waals surface area contributed by atoms with E-state index in [1.807, 2.05) is 0 Å². The van der Waals surface area contributed by atoms with Crippen molar-refractivity contribution >= 4 is 17.8 Å². The molecule has 1 atom stereocenters. The molecule has 0 spiro atoms. The van der Waals surface area contributed by atoms with Gasteiger partial charge in [0.25, 0.3) is 0 Å². The minimum atomic E-state index is -1.84. The fraction of sp³-hybridized carbons (Fsp3) is 0.500. The van der Waals surface area contributed by atoms with Gasteiger partial charge in [-0.2, -0.15) is 0 Å². The van der Waals surface area contributed by atoms with Crippen molar-refractivity contribution in [2.75, 3.05) is 0 Å². The van der Waals surface area contributed by atoms with Crippen LogP contribution >= 0.6 is 0 Å². The Labute approximate surface area is 154 Å². The van der Waals surface area contributed by atoms with Crippen molar-refractivity contribution in [3.8, 4) is 0 Å². The molecule has 6 nitrogen and oxygen atoms in total. The molecule has 0 saturated heterocycles. The average Bonchev–Trinajstić information content (AvgIpc) is 2.54. The van der Waals surface area contributed by atoms with Crippen LogP contribution < -0.4 is 5.32 Å². The summed E-state index contributed by atoms with van der Waals surface area (Å²) in [5.74, 6) is -7.19. The van der Waals surface area contributed by atoms with Gasteiger partial charge in [0, 0.05) is 6.42 Å². The molecule has 1 rings (SSSR count). The van der Waals surface area contributed by atoms with Gasteiger partial charge in [0.05, 0.1) is 5.56 Å². The summed E-state index contributed by atoms with van der Waals surface area (Å²) in [4.78, 5) is 35.8. The summed E-state index contributed by atoms with van der Waals surface area (Å²) in [6.45, 7) is 6.26. The smallest absolute Gasteiger partial charge is 0.408 e. The highest BCUT2D eigenvalue weighted by Crippen LogP contribution is 2.23. The molecule has 0 radical (unpaired) electrons. The maximum absolute atomic E-state index is 13.7. The van der Waals surface area contributed by atoms with E-state index in [1.54, 1.807) is 20.8 Å². The first kappa shape index (κ1) is 22.5. The van der Waals surface area contributed by atoms with Gasteiger partial charge in [0.2, 0.25) is 0 Å². The number of ether oxygens (including phenoxy) is 1. The van der Waals surface area contributed by atoms with Crippen LogP contribution in [0.2, 0.25) is 0 Å². The van der Waals surface area contributed by atoms with Gasteiger partial charge < -0.3 is 15.2 Å². The first-order valence-electron chi connectivity index (χ1n) is 8.24. The minimum Gasteiger partial charge on any atom is -0.480 e. The van der Waals surface area contributed by atoms with E-state index in [2.05, 4.69) is 5.32 Å². The number of hydrogen-bond acceptors (Lipinski definition) is 4. The quantitative estimate of drug-likeness (QED) is 0.546. The van der Waals surface area contributed by atoms with E-state index in [4.69, 9.17) is 4.74 Å². The fourth-order valence-corrected chi connectivity index (χ4v) is 2.34. The Morgan fingerprint density at radius 3 is 2.19 bits per heavy atom. The molecule has 1 aromatic rings. The van der Waals surface area contributed by atoms with Crippen LogP contribution in [-0.4, -0.2) is 34.1 Å². The molecule has 0 bridgehead atoms. The van der Waals surface area contributed by atoms with Crippen LogP contribution in [-0.2, 0) is 9.53 Å². The maximum Gasteiger partial charge on any atom is 0.408 e. The molecule has 0 unspecified atom stereocenters. The van der Waals surface area contributed by atoms with Crippen molar-refractivity contribution in [1.29, 1.82) is 0 Å². The van der Waals surface area contributed by atoms with Crippen molar-refractivity contribution in [1.82, 2.24) is 5.32 Å². The molecular formula is C18H22F3NO5. The summed E-state index contributed by atoms with van der Waals surface area (Å²) in [6.07, 6.45) is -1.99. The van der Waals surface area contributed by atoms with Gasteiger partial charge >= 0.3 is 12.1 Å². The standard InChI is InChI=1S/C18H22F3NO5/c1-5-18(15(24)25,22-16(26)27-17(2,3)4)9-8-12(23)10-6-7-11(19)14(21)13(10)20/h6-7H,5,8-9H2,1-4H3,(H,22,26)(H,24,25)/t18-/m0/s1. The number of aliphatic carboxylic acids is 1. The lowest BCUT2D eigenvalue weighted by molar-refractivity contribution is -0.145. The Balaban J connectivity index is 2.98. The number of alkyl carbamates (subject to hydrolysis) is 1. The predicted molar refractivity (Wildman–Crippen MR) is 89.9 cm³/mol. The summed E-state index contributed by atoms with van der Waals surface area (Å²) in [5, 5.41) is 11.8. The molecule has 2 N–H and O–H groups in total. The molecule has 9 heteroatoms. The van der Waals surface area contributed by atoms with Gasteiger partial charge in [-0.3, -0.25) is 4.79 Å². The zero-order chi connectivity index (χ0) is 21.0. The fourth-order valence-electron chi connectivity index (χ4n) is 2.34. The molecule has 1 amide bonds. The highest BCUT2D eigenvalue weighted by atomic mass is 19.2. The minimum absolute atomic E-state index is 0.0882. The molecule has 0 aliphatic rings. The molecule has 0 aliphatic heterocycles. The molecule has 0 saturated carbocycles. The number of benzene rings is 1. The monoisotopic (exact) mass is 389 g/mol. The predicted octanol–water partition coefficient (Wildman–Crippen LogP) is 3.82. The molecule has 0 heterocycles. The number of carbonyl (C=O) groups excluding carboxylic acids is 2. The summed E-state index contributed by atoms with van der Waals surface area (Å²) in [7, 11) is 0. The Bertz CT molecular complexity index is 745. The van der Waals surface area contributed by atoms with E-state index in [0.29, 0.717) is 6.07 Å². The van der Waals surface area contributed by atoms with Gasteiger partial charge in [0.15, 0.2) is 23.2 Å². The first-order valence-corrected chi connectivity index (χ1v) is 8.24. The van der Waals surface area contributed by atoms with E-state index in [0.717, 1.165) is 6.07 Å². The number of ketones is 1. The number of nitrogens with one attached hydrogen (secondary N) is 1. The molecule has 150 valence electrons. The van der Waals surface area contributed by atoms with Gasteiger partial charge in [-0.1, -0.05) is 6.92 Å². The lowest BCUT2D eigenvalue weighted by Gasteiger charge is -2.30. The zero-order valence-corrected chi connectivity index (χ0v) is 15.5. The highest BCUT2D eigenvalue weighted by Gasteiger charge is 2.40. The highest BCUT2D eigenvalue weighted by molar-refractivity contribution is 5.97. The van der Waals surface area contributed by atoms with E-state index >= 15 is 0 Å².